The maximum Gasteiger partial charge on any atom is 0.408 e. The van der Waals surface area contributed by atoms with Gasteiger partial charge in [0.15, 0.2) is 11.5 Å². The van der Waals surface area contributed by atoms with Gasteiger partial charge in [-0.15, -0.1) is 0 Å². The van der Waals surface area contributed by atoms with Gasteiger partial charge in [-0.05, 0) is 44.9 Å². The molecular weight excluding hydrogens is 557 g/mol. The Bertz CT molecular complexity index is 1370. The van der Waals surface area contributed by atoms with Gasteiger partial charge in [-0.1, -0.05) is 19.1 Å². The van der Waals surface area contributed by atoms with Crippen LogP contribution in [0.3, 0.4) is 0 Å². The van der Waals surface area contributed by atoms with Gasteiger partial charge in [0.2, 0.25) is 7.44 Å². The first kappa shape index (κ1) is 31.4. The number of imidazole rings is 1. The molecule has 40 heavy (non-hydrogen) atoms. The molecule has 0 saturated carbocycles. The number of fused-ring (bicyclic) bond motifs is 1. The lowest BCUT2D eigenvalue weighted by molar-refractivity contribution is -0.153. The number of nitrogens with two attached hydrogens (primary N) is 1. The van der Waals surface area contributed by atoms with Gasteiger partial charge in [0.1, 0.15) is 35.6 Å². The van der Waals surface area contributed by atoms with E-state index in [1.807, 2.05) is 0 Å². The number of carbonyl (C=O) groups excluding carboxylic acids is 1. The van der Waals surface area contributed by atoms with Crippen molar-refractivity contribution in [3.63, 3.8) is 0 Å². The Morgan fingerprint density at radius 1 is 1.23 bits per heavy atom. The van der Waals surface area contributed by atoms with Crippen LogP contribution in [0.5, 0.6) is 0 Å². The minimum absolute atomic E-state index is 0.0661. The highest BCUT2D eigenvalue weighted by Crippen LogP contribution is 2.46. The van der Waals surface area contributed by atoms with Crippen LogP contribution < -0.4 is 15.9 Å². The first-order valence-corrected chi connectivity index (χ1v) is 14.2. The highest BCUT2D eigenvalue weighted by Gasteiger charge is 2.47. The number of nitrogens with one attached hydrogen (secondary N) is 2. The van der Waals surface area contributed by atoms with Crippen molar-refractivity contribution in [1.29, 1.82) is 0 Å². The van der Waals surface area contributed by atoms with Gasteiger partial charge >= 0.3 is 12.1 Å². The summed E-state index contributed by atoms with van der Waals surface area (Å²) in [5.74, 6) is -1.55. The molecule has 3 aromatic rings. The predicted molar refractivity (Wildman–Crippen MR) is 140 cm³/mol. The number of carbonyl (C=O) groups is 1. The molecule has 0 spiro atoms. The second-order valence-electron chi connectivity index (χ2n) is 9.71. The highest BCUT2D eigenvalue weighted by atomic mass is 31.2. The van der Waals surface area contributed by atoms with Gasteiger partial charge in [0, 0.05) is 0 Å². The molecule has 1 aromatic carbocycles. The molecule has 0 aliphatic heterocycles. The number of hydrogen-bond acceptors (Lipinski definition) is 8. The van der Waals surface area contributed by atoms with Gasteiger partial charge in [-0.2, -0.15) is 13.2 Å². The van der Waals surface area contributed by atoms with Crippen LogP contribution in [0, 0.1) is 5.82 Å². The average Bonchev–Trinajstić information content (AvgIpc) is 3.27. The molecule has 2 heterocycles. The summed E-state index contributed by atoms with van der Waals surface area (Å²) in [6.07, 6.45) is -3.23. The second-order valence-corrected chi connectivity index (χ2v) is 11.9. The van der Waals surface area contributed by atoms with E-state index in [1.54, 1.807) is 18.4 Å². The topological polar surface area (TPSA) is 146 Å². The lowest BCUT2D eigenvalue weighted by Gasteiger charge is -2.34. The zero-order chi connectivity index (χ0) is 29.7. The minimum atomic E-state index is -4.97. The smallest absolute Gasteiger partial charge is 0.408 e. The Morgan fingerprint density at radius 3 is 2.60 bits per heavy atom. The molecule has 0 radical (unpaired) electrons. The summed E-state index contributed by atoms with van der Waals surface area (Å²) in [4.78, 5) is 24.8. The average molecular weight is 590 g/mol. The minimum Gasteiger partial charge on any atom is -0.464 e. The van der Waals surface area contributed by atoms with E-state index in [1.165, 1.54) is 26.5 Å². The van der Waals surface area contributed by atoms with Crippen LogP contribution in [0.4, 0.5) is 23.4 Å². The largest absolute Gasteiger partial charge is 0.464 e. The number of hydrogen-bond donors (Lipinski definition) is 3. The molecule has 0 fully saturated rings. The number of alkyl halides is 3. The number of benzene rings is 1. The summed E-state index contributed by atoms with van der Waals surface area (Å²) in [5.41, 5.74) is 4.40. The van der Waals surface area contributed by atoms with Crippen LogP contribution in [-0.4, -0.2) is 56.3 Å². The molecule has 2 aromatic heterocycles. The van der Waals surface area contributed by atoms with Crippen LogP contribution in [0.1, 0.15) is 45.7 Å². The fraction of sp³-hybridized carbons (Fsp3) is 0.500. The molecule has 4 N–H and O–H groups in total. The molecule has 0 saturated heterocycles. The lowest BCUT2D eigenvalue weighted by atomic mass is 10.1. The van der Waals surface area contributed by atoms with Crippen molar-refractivity contribution < 1.29 is 36.4 Å². The number of nitrogens with zero attached hydrogens (tertiary/aromatic N) is 4. The van der Waals surface area contributed by atoms with E-state index in [4.69, 9.17) is 15.2 Å². The van der Waals surface area contributed by atoms with Gasteiger partial charge in [-0.3, -0.25) is 9.36 Å². The highest BCUT2D eigenvalue weighted by molar-refractivity contribution is 7.59. The van der Waals surface area contributed by atoms with Crippen molar-refractivity contribution in [2.75, 3.05) is 18.7 Å². The van der Waals surface area contributed by atoms with Crippen molar-refractivity contribution in [2.45, 2.75) is 64.5 Å². The van der Waals surface area contributed by atoms with Crippen molar-refractivity contribution in [3.8, 4) is 0 Å². The van der Waals surface area contributed by atoms with Crippen LogP contribution in [-0.2, 0) is 25.4 Å². The third-order valence-corrected chi connectivity index (χ3v) is 7.79. The van der Waals surface area contributed by atoms with E-state index in [0.717, 1.165) is 18.2 Å². The molecule has 16 heteroatoms. The third-order valence-electron chi connectivity index (χ3n) is 5.68. The van der Waals surface area contributed by atoms with Crippen molar-refractivity contribution in [3.05, 3.63) is 48.3 Å². The fourth-order valence-electron chi connectivity index (χ4n) is 3.80. The molecule has 3 rings (SSSR count). The number of halogens is 4. The number of nitrogen functional groups attached to an aromatic ring is 1. The standard InChI is InChI=1S/C24H32F4N7O4P/c1-5-9-38-22(36)23(3,4)34-40(37,33-19(24(26,27)28)16-7-6-8-17(25)10-16)14-39-15(2)11-35-13-32-18-20(29)30-12-31-21(18)35/h6-8,10,12-13,15,19H,5,9,11,14H2,1-4H3,(H2,29,30,31)(H2,33,34,37)/t15-,19-,40-/m1/s1. The summed E-state index contributed by atoms with van der Waals surface area (Å²) in [6.45, 7) is 6.23. The van der Waals surface area contributed by atoms with Gasteiger partial charge in [0.25, 0.3) is 0 Å². The Balaban J connectivity index is 1.87. The molecule has 3 atom stereocenters. The Kier molecular flexibility index (Phi) is 9.88. The summed E-state index contributed by atoms with van der Waals surface area (Å²) in [6, 6.07) is 1.31. The van der Waals surface area contributed by atoms with E-state index in [-0.39, 0.29) is 19.0 Å². The maximum absolute atomic E-state index is 14.2. The van der Waals surface area contributed by atoms with Crippen LogP contribution in [0.2, 0.25) is 0 Å². The van der Waals surface area contributed by atoms with E-state index >= 15 is 0 Å². The molecule has 0 amide bonds. The first-order valence-electron chi connectivity index (χ1n) is 12.3. The van der Waals surface area contributed by atoms with Crippen LogP contribution >= 0.6 is 7.44 Å². The van der Waals surface area contributed by atoms with Crippen LogP contribution in [0.25, 0.3) is 11.2 Å². The molecule has 0 aliphatic rings. The summed E-state index contributed by atoms with van der Waals surface area (Å²) >= 11 is 0. The number of ether oxygens (including phenoxy) is 2. The maximum atomic E-state index is 14.2. The monoisotopic (exact) mass is 589 g/mol. The van der Waals surface area contributed by atoms with Crippen molar-refractivity contribution in [2.24, 2.45) is 0 Å². The summed E-state index contributed by atoms with van der Waals surface area (Å²) in [5, 5.41) is 4.61. The lowest BCUT2D eigenvalue weighted by Crippen LogP contribution is -2.50. The van der Waals surface area contributed by atoms with Gasteiger partial charge < -0.3 is 19.8 Å². The fourth-order valence-corrected chi connectivity index (χ4v) is 6.17. The zero-order valence-electron chi connectivity index (χ0n) is 22.4. The number of anilines is 1. The molecular formula is C24H32F4N7O4P. The van der Waals surface area contributed by atoms with Crippen LogP contribution in [0.15, 0.2) is 36.9 Å². The Labute approximate surface area is 228 Å². The van der Waals surface area contributed by atoms with E-state index in [0.29, 0.717) is 23.7 Å². The Morgan fingerprint density at radius 2 is 1.95 bits per heavy atom. The van der Waals surface area contributed by atoms with Gasteiger partial charge in [-0.25, -0.2) is 29.5 Å². The Hall–Kier alpha value is -3.13. The summed E-state index contributed by atoms with van der Waals surface area (Å²) < 4.78 is 82.8. The molecule has 220 valence electrons. The predicted octanol–water partition coefficient (Wildman–Crippen LogP) is 4.32. The van der Waals surface area contributed by atoms with Gasteiger partial charge in [0.05, 0.1) is 25.6 Å². The third kappa shape index (κ3) is 7.96. The molecule has 11 nitrogen and oxygen atoms in total. The van der Waals surface area contributed by atoms with Crippen molar-refractivity contribution >= 4 is 30.4 Å². The van der Waals surface area contributed by atoms with E-state index in [2.05, 4.69) is 25.1 Å². The number of esters is 1. The SMILES string of the molecule is CCCOC(=O)C(C)(C)N[P@@](=O)(CO[C@H](C)Cn1cnc2c(N)ncnc21)N[C@H](c1cccc(F)c1)C(F)(F)F. The zero-order valence-corrected chi connectivity index (χ0v) is 23.3. The second kappa shape index (κ2) is 12.6. The molecule has 0 aliphatic carbocycles. The van der Waals surface area contributed by atoms with Crippen molar-refractivity contribution in [1.82, 2.24) is 29.7 Å². The molecule has 0 bridgehead atoms. The summed E-state index contributed by atoms with van der Waals surface area (Å²) in [7, 11) is -4.40. The quantitative estimate of drug-likeness (QED) is 0.150. The van der Waals surface area contributed by atoms with E-state index < -0.39 is 55.0 Å². The normalized spacial score (nSPS) is 15.5. The first-order chi connectivity index (χ1) is 18.6. The number of rotatable bonds is 13. The number of aromatic nitrogens is 4. The molecule has 0 unspecified atom stereocenters. The van der Waals surface area contributed by atoms with E-state index in [9.17, 15) is 26.9 Å².